The Kier molecular flexibility index (Phi) is 2.33. The van der Waals surface area contributed by atoms with E-state index in [1.165, 1.54) is 7.11 Å². The molecule has 0 saturated carbocycles. The number of benzene rings is 1. The van der Waals surface area contributed by atoms with E-state index in [2.05, 4.69) is 4.98 Å². The topological polar surface area (TPSA) is 42.1 Å². The van der Waals surface area contributed by atoms with Crippen LogP contribution in [0.15, 0.2) is 30.5 Å². The van der Waals surface area contributed by atoms with Gasteiger partial charge < -0.3 is 9.72 Å². The van der Waals surface area contributed by atoms with Gasteiger partial charge in [-0.1, -0.05) is 0 Å². The molecule has 1 heterocycles. The van der Waals surface area contributed by atoms with Gasteiger partial charge in [0.2, 0.25) is 0 Å². The fourth-order valence-electron chi connectivity index (χ4n) is 1.44. The summed E-state index contributed by atoms with van der Waals surface area (Å²) in [5.41, 5.74) is 1.73. The summed E-state index contributed by atoms with van der Waals surface area (Å²) in [4.78, 5) is 14.6. The first-order chi connectivity index (χ1) is 6.81. The first-order valence-corrected chi connectivity index (χ1v) is 4.40. The number of aromatic amines is 1. The summed E-state index contributed by atoms with van der Waals surface area (Å²) < 4.78 is 4.79. The Morgan fingerprint density at radius 3 is 3.07 bits per heavy atom. The third-order valence-corrected chi connectivity index (χ3v) is 2.15. The second-order valence-electron chi connectivity index (χ2n) is 3.14. The van der Waals surface area contributed by atoms with Crippen molar-refractivity contribution in [2.45, 2.75) is 0 Å². The van der Waals surface area contributed by atoms with Crippen LogP contribution in [0.25, 0.3) is 10.9 Å². The van der Waals surface area contributed by atoms with Crippen LogP contribution in [-0.4, -0.2) is 24.5 Å². The molecule has 3 nitrogen and oxygen atoms in total. The smallest absolute Gasteiger partial charge is 0.188 e. The molecule has 0 aliphatic heterocycles. The first kappa shape index (κ1) is 8.97. The number of nitrogens with one attached hydrogen (secondary N) is 1. The van der Waals surface area contributed by atoms with Crippen LogP contribution < -0.4 is 0 Å². The van der Waals surface area contributed by atoms with E-state index in [1.807, 2.05) is 24.4 Å². The molecule has 2 rings (SSSR count). The maximum atomic E-state index is 11.5. The molecule has 14 heavy (non-hydrogen) atoms. The fourth-order valence-corrected chi connectivity index (χ4v) is 1.44. The van der Waals surface area contributed by atoms with Crippen molar-refractivity contribution in [3.63, 3.8) is 0 Å². The number of hydrogen-bond acceptors (Lipinski definition) is 2. The summed E-state index contributed by atoms with van der Waals surface area (Å²) in [6, 6.07) is 7.52. The van der Waals surface area contributed by atoms with Crippen LogP contribution in [-0.2, 0) is 4.74 Å². The van der Waals surface area contributed by atoms with Crippen LogP contribution in [0.1, 0.15) is 10.4 Å². The van der Waals surface area contributed by atoms with Gasteiger partial charge in [0.15, 0.2) is 5.78 Å². The third-order valence-electron chi connectivity index (χ3n) is 2.15. The molecule has 1 aromatic heterocycles. The molecule has 1 N–H and O–H groups in total. The van der Waals surface area contributed by atoms with Gasteiger partial charge in [-0.2, -0.15) is 0 Å². The number of aromatic nitrogens is 1. The number of ether oxygens (including phenoxy) is 1. The summed E-state index contributed by atoms with van der Waals surface area (Å²) in [5.74, 6) is 0.00981. The molecule has 0 aliphatic rings. The SMILES string of the molecule is COCC(=O)c1ccc2[nH]ccc2c1. The highest BCUT2D eigenvalue weighted by atomic mass is 16.5. The molecule has 1 aromatic carbocycles. The van der Waals surface area contributed by atoms with Crippen LogP contribution in [0.4, 0.5) is 0 Å². The molecule has 0 amide bonds. The van der Waals surface area contributed by atoms with Crippen molar-refractivity contribution in [3.05, 3.63) is 36.0 Å². The number of rotatable bonds is 3. The Bertz CT molecular complexity index is 459. The van der Waals surface area contributed by atoms with Gasteiger partial charge in [0.1, 0.15) is 6.61 Å². The highest BCUT2D eigenvalue weighted by molar-refractivity contribution is 6.00. The lowest BCUT2D eigenvalue weighted by Gasteiger charge is -1.99. The standard InChI is InChI=1S/C11H11NO2/c1-14-7-11(13)9-2-3-10-8(6-9)4-5-12-10/h2-6,12H,7H2,1H3. The molecule has 2 aromatic rings. The normalized spacial score (nSPS) is 10.6. The lowest BCUT2D eigenvalue weighted by molar-refractivity contribution is 0.0848. The highest BCUT2D eigenvalue weighted by Crippen LogP contribution is 2.14. The maximum Gasteiger partial charge on any atom is 0.188 e. The molecule has 0 bridgehead atoms. The van der Waals surface area contributed by atoms with E-state index in [4.69, 9.17) is 4.74 Å². The van der Waals surface area contributed by atoms with Gasteiger partial charge in [0.05, 0.1) is 0 Å². The molecule has 0 fully saturated rings. The van der Waals surface area contributed by atoms with Crippen molar-refractivity contribution in [2.75, 3.05) is 13.7 Å². The molecule has 0 spiro atoms. The summed E-state index contributed by atoms with van der Waals surface area (Å²) >= 11 is 0. The number of ketones is 1. The van der Waals surface area contributed by atoms with Crippen LogP contribution >= 0.6 is 0 Å². The summed E-state index contributed by atoms with van der Waals surface area (Å²) in [6.45, 7) is 0.135. The molecular formula is C11H11NO2. The van der Waals surface area contributed by atoms with Crippen molar-refractivity contribution < 1.29 is 9.53 Å². The minimum atomic E-state index is 0.00981. The average molecular weight is 189 g/mol. The van der Waals surface area contributed by atoms with Crippen molar-refractivity contribution in [1.29, 1.82) is 0 Å². The number of methoxy groups -OCH3 is 1. The average Bonchev–Trinajstić information content (AvgIpc) is 2.64. The monoisotopic (exact) mass is 189 g/mol. The molecule has 0 saturated heterocycles. The van der Waals surface area contributed by atoms with Crippen LogP contribution in [0, 0.1) is 0 Å². The minimum Gasteiger partial charge on any atom is -0.377 e. The van der Waals surface area contributed by atoms with Crippen molar-refractivity contribution >= 4 is 16.7 Å². The van der Waals surface area contributed by atoms with E-state index in [0.29, 0.717) is 5.56 Å². The zero-order chi connectivity index (χ0) is 9.97. The van der Waals surface area contributed by atoms with Gasteiger partial charge in [-0.3, -0.25) is 4.79 Å². The molecule has 3 heteroatoms. The zero-order valence-electron chi connectivity index (χ0n) is 7.91. The molecule has 0 aliphatic carbocycles. The number of carbonyl (C=O) groups excluding carboxylic acids is 1. The first-order valence-electron chi connectivity index (χ1n) is 4.40. The largest absolute Gasteiger partial charge is 0.377 e. The van der Waals surface area contributed by atoms with E-state index in [0.717, 1.165) is 10.9 Å². The molecule has 0 atom stereocenters. The third kappa shape index (κ3) is 1.54. The fraction of sp³-hybridized carbons (Fsp3) is 0.182. The van der Waals surface area contributed by atoms with E-state index < -0.39 is 0 Å². The highest BCUT2D eigenvalue weighted by Gasteiger charge is 2.05. The Balaban J connectivity index is 2.38. The van der Waals surface area contributed by atoms with Gasteiger partial charge in [0, 0.05) is 29.8 Å². The number of Topliss-reactive ketones (excluding diaryl/α,β-unsaturated/α-hetero) is 1. The predicted molar refractivity (Wildman–Crippen MR) is 54.5 cm³/mol. The van der Waals surface area contributed by atoms with Crippen LogP contribution in [0.5, 0.6) is 0 Å². The molecular weight excluding hydrogens is 178 g/mol. The second-order valence-corrected chi connectivity index (χ2v) is 3.14. The lowest BCUT2D eigenvalue weighted by Crippen LogP contribution is -2.06. The molecule has 0 radical (unpaired) electrons. The van der Waals surface area contributed by atoms with Crippen molar-refractivity contribution in [2.24, 2.45) is 0 Å². The Morgan fingerprint density at radius 2 is 2.29 bits per heavy atom. The quantitative estimate of drug-likeness (QED) is 0.750. The summed E-state index contributed by atoms with van der Waals surface area (Å²) in [5, 5.41) is 1.05. The summed E-state index contributed by atoms with van der Waals surface area (Å²) in [6.07, 6.45) is 1.86. The van der Waals surface area contributed by atoms with Gasteiger partial charge >= 0.3 is 0 Å². The van der Waals surface area contributed by atoms with E-state index >= 15 is 0 Å². The maximum absolute atomic E-state index is 11.5. The Labute approximate surface area is 81.7 Å². The van der Waals surface area contributed by atoms with Gasteiger partial charge in [-0.15, -0.1) is 0 Å². The van der Waals surface area contributed by atoms with E-state index in [-0.39, 0.29) is 12.4 Å². The lowest BCUT2D eigenvalue weighted by atomic mass is 10.1. The molecule has 72 valence electrons. The zero-order valence-corrected chi connectivity index (χ0v) is 7.91. The Morgan fingerprint density at radius 1 is 1.43 bits per heavy atom. The van der Waals surface area contributed by atoms with Crippen LogP contribution in [0.3, 0.4) is 0 Å². The number of fused-ring (bicyclic) bond motifs is 1. The molecule has 0 unspecified atom stereocenters. The number of H-pyrrole nitrogens is 1. The van der Waals surface area contributed by atoms with Crippen molar-refractivity contribution in [1.82, 2.24) is 4.98 Å². The van der Waals surface area contributed by atoms with Gasteiger partial charge in [-0.25, -0.2) is 0 Å². The van der Waals surface area contributed by atoms with Gasteiger partial charge in [0.25, 0.3) is 0 Å². The second kappa shape index (κ2) is 3.64. The van der Waals surface area contributed by atoms with Crippen molar-refractivity contribution in [3.8, 4) is 0 Å². The Hall–Kier alpha value is -1.61. The summed E-state index contributed by atoms with van der Waals surface area (Å²) in [7, 11) is 1.52. The van der Waals surface area contributed by atoms with Crippen LogP contribution in [0.2, 0.25) is 0 Å². The minimum absolute atomic E-state index is 0.00981. The van der Waals surface area contributed by atoms with E-state index in [9.17, 15) is 4.79 Å². The predicted octanol–water partition coefficient (Wildman–Crippen LogP) is 2.00. The van der Waals surface area contributed by atoms with E-state index in [1.54, 1.807) is 6.07 Å². The number of hydrogen-bond donors (Lipinski definition) is 1. The number of carbonyl (C=O) groups is 1. The van der Waals surface area contributed by atoms with Gasteiger partial charge in [-0.05, 0) is 24.3 Å².